The SMILES string of the molecule is CCC[C@H](NC(=O)Cc1ccc(C)cc1)C(=O)Nc1nc2ccccc2[nH]1. The number of imidazole rings is 1. The monoisotopic (exact) mass is 364 g/mol. The molecule has 6 heteroatoms. The van der Waals surface area contributed by atoms with Crippen molar-refractivity contribution in [2.24, 2.45) is 0 Å². The van der Waals surface area contributed by atoms with Crippen LogP contribution in [0, 0.1) is 6.92 Å². The molecule has 3 aromatic rings. The van der Waals surface area contributed by atoms with Gasteiger partial charge in [-0.15, -0.1) is 0 Å². The Hall–Kier alpha value is -3.15. The third-order valence-corrected chi connectivity index (χ3v) is 4.35. The molecular weight excluding hydrogens is 340 g/mol. The Morgan fingerprint density at radius 3 is 2.56 bits per heavy atom. The van der Waals surface area contributed by atoms with Crippen molar-refractivity contribution in [1.82, 2.24) is 15.3 Å². The van der Waals surface area contributed by atoms with Crippen LogP contribution in [0.4, 0.5) is 5.95 Å². The van der Waals surface area contributed by atoms with Crippen molar-refractivity contribution in [3.8, 4) is 0 Å². The number of fused-ring (bicyclic) bond motifs is 1. The Kier molecular flexibility index (Phi) is 5.86. The number of rotatable bonds is 7. The Balaban J connectivity index is 1.63. The number of hydrogen-bond donors (Lipinski definition) is 3. The second-order valence-corrected chi connectivity index (χ2v) is 6.66. The highest BCUT2D eigenvalue weighted by Gasteiger charge is 2.21. The van der Waals surface area contributed by atoms with Gasteiger partial charge in [0.1, 0.15) is 6.04 Å². The summed E-state index contributed by atoms with van der Waals surface area (Å²) in [6, 6.07) is 14.8. The molecule has 0 aliphatic carbocycles. The van der Waals surface area contributed by atoms with Crippen LogP contribution in [0.5, 0.6) is 0 Å². The van der Waals surface area contributed by atoms with E-state index in [2.05, 4.69) is 20.6 Å². The maximum Gasteiger partial charge on any atom is 0.249 e. The number of anilines is 1. The van der Waals surface area contributed by atoms with Crippen molar-refractivity contribution >= 4 is 28.8 Å². The lowest BCUT2D eigenvalue weighted by atomic mass is 10.1. The number of hydrogen-bond acceptors (Lipinski definition) is 3. The van der Waals surface area contributed by atoms with Crippen molar-refractivity contribution in [2.75, 3.05) is 5.32 Å². The fourth-order valence-electron chi connectivity index (χ4n) is 2.91. The maximum atomic E-state index is 12.6. The Bertz CT molecular complexity index is 898. The van der Waals surface area contributed by atoms with Crippen LogP contribution >= 0.6 is 0 Å². The molecule has 1 aromatic heterocycles. The zero-order valence-corrected chi connectivity index (χ0v) is 15.6. The molecule has 0 radical (unpaired) electrons. The molecule has 3 rings (SSSR count). The van der Waals surface area contributed by atoms with Crippen LogP contribution in [0.2, 0.25) is 0 Å². The van der Waals surface area contributed by atoms with Crippen LogP contribution in [-0.2, 0) is 16.0 Å². The highest BCUT2D eigenvalue weighted by molar-refractivity contribution is 5.97. The van der Waals surface area contributed by atoms with Gasteiger partial charge in [-0.25, -0.2) is 4.98 Å². The minimum absolute atomic E-state index is 0.169. The summed E-state index contributed by atoms with van der Waals surface area (Å²) in [5.41, 5.74) is 3.70. The molecule has 0 saturated heterocycles. The number of amides is 2. The standard InChI is InChI=1S/C21H24N4O2/c1-3-6-18(22-19(26)13-15-11-9-14(2)10-12-15)20(27)25-21-23-16-7-4-5-8-17(16)24-21/h4-5,7-12,18H,3,6,13H2,1-2H3,(H,22,26)(H2,23,24,25,27)/t18-/m0/s1. The highest BCUT2D eigenvalue weighted by atomic mass is 16.2. The highest BCUT2D eigenvalue weighted by Crippen LogP contribution is 2.14. The lowest BCUT2D eigenvalue weighted by molar-refractivity contribution is -0.126. The van der Waals surface area contributed by atoms with Gasteiger partial charge in [0.25, 0.3) is 0 Å². The smallest absolute Gasteiger partial charge is 0.249 e. The normalized spacial score (nSPS) is 11.9. The third kappa shape index (κ3) is 4.94. The maximum absolute atomic E-state index is 12.6. The topological polar surface area (TPSA) is 86.9 Å². The number of carbonyl (C=O) groups excluding carboxylic acids is 2. The predicted octanol–water partition coefficient (Wildman–Crippen LogP) is 3.34. The number of benzene rings is 2. The molecule has 1 heterocycles. The molecule has 1 atom stereocenters. The molecule has 27 heavy (non-hydrogen) atoms. The number of para-hydroxylation sites is 2. The van der Waals surface area contributed by atoms with E-state index in [-0.39, 0.29) is 18.2 Å². The minimum atomic E-state index is -0.596. The van der Waals surface area contributed by atoms with E-state index in [0.29, 0.717) is 12.4 Å². The largest absolute Gasteiger partial charge is 0.344 e. The number of H-pyrrole nitrogens is 1. The van der Waals surface area contributed by atoms with E-state index in [1.165, 1.54) is 0 Å². The van der Waals surface area contributed by atoms with E-state index in [4.69, 9.17) is 0 Å². The average molecular weight is 364 g/mol. The summed E-state index contributed by atoms with van der Waals surface area (Å²) in [4.78, 5) is 32.4. The van der Waals surface area contributed by atoms with E-state index in [1.807, 2.05) is 62.4 Å². The number of aromatic amines is 1. The quantitative estimate of drug-likeness (QED) is 0.601. The average Bonchev–Trinajstić information content (AvgIpc) is 3.05. The Morgan fingerprint density at radius 2 is 1.85 bits per heavy atom. The van der Waals surface area contributed by atoms with Crippen LogP contribution in [0.25, 0.3) is 11.0 Å². The van der Waals surface area contributed by atoms with Crippen LogP contribution < -0.4 is 10.6 Å². The summed E-state index contributed by atoms with van der Waals surface area (Å²) in [6.45, 7) is 3.98. The van der Waals surface area contributed by atoms with Gasteiger partial charge in [0.2, 0.25) is 17.8 Å². The van der Waals surface area contributed by atoms with Gasteiger partial charge in [0, 0.05) is 0 Å². The van der Waals surface area contributed by atoms with Crippen molar-refractivity contribution in [3.63, 3.8) is 0 Å². The summed E-state index contributed by atoms with van der Waals surface area (Å²) in [6.07, 6.45) is 1.59. The molecule has 0 bridgehead atoms. The van der Waals surface area contributed by atoms with Crippen LogP contribution in [0.1, 0.15) is 30.9 Å². The molecule has 140 valence electrons. The molecule has 0 unspecified atom stereocenters. The van der Waals surface area contributed by atoms with Gasteiger partial charge in [-0.2, -0.15) is 0 Å². The fourth-order valence-corrected chi connectivity index (χ4v) is 2.91. The van der Waals surface area contributed by atoms with Gasteiger partial charge in [-0.3, -0.25) is 14.9 Å². The number of carbonyl (C=O) groups is 2. The fraction of sp³-hybridized carbons (Fsp3) is 0.286. The first kappa shape index (κ1) is 18.6. The molecule has 2 amide bonds. The number of aryl methyl sites for hydroxylation is 1. The first-order valence-electron chi connectivity index (χ1n) is 9.15. The van der Waals surface area contributed by atoms with Gasteiger partial charge in [0.15, 0.2) is 0 Å². The van der Waals surface area contributed by atoms with Crippen LogP contribution in [0.3, 0.4) is 0 Å². The van der Waals surface area contributed by atoms with Crippen molar-refractivity contribution < 1.29 is 9.59 Å². The zero-order valence-electron chi connectivity index (χ0n) is 15.6. The summed E-state index contributed by atoms with van der Waals surface area (Å²) in [5, 5.41) is 5.61. The Labute approximate surface area is 158 Å². The second-order valence-electron chi connectivity index (χ2n) is 6.66. The summed E-state index contributed by atoms with van der Waals surface area (Å²) in [5.74, 6) is -0.0553. The van der Waals surface area contributed by atoms with E-state index < -0.39 is 6.04 Å². The van der Waals surface area contributed by atoms with E-state index >= 15 is 0 Å². The van der Waals surface area contributed by atoms with Gasteiger partial charge in [-0.05, 0) is 31.0 Å². The van der Waals surface area contributed by atoms with E-state index in [0.717, 1.165) is 28.6 Å². The van der Waals surface area contributed by atoms with Crippen molar-refractivity contribution in [1.29, 1.82) is 0 Å². The lowest BCUT2D eigenvalue weighted by Crippen LogP contribution is -2.44. The summed E-state index contributed by atoms with van der Waals surface area (Å²) >= 11 is 0. The second kappa shape index (κ2) is 8.49. The number of aromatic nitrogens is 2. The van der Waals surface area contributed by atoms with Gasteiger partial charge in [-0.1, -0.05) is 55.3 Å². The summed E-state index contributed by atoms with van der Waals surface area (Å²) < 4.78 is 0. The summed E-state index contributed by atoms with van der Waals surface area (Å²) in [7, 11) is 0. The molecule has 3 N–H and O–H groups in total. The van der Waals surface area contributed by atoms with Gasteiger partial charge in [0.05, 0.1) is 17.5 Å². The molecule has 0 spiro atoms. The van der Waals surface area contributed by atoms with Gasteiger partial charge >= 0.3 is 0 Å². The number of nitrogens with one attached hydrogen (secondary N) is 3. The van der Waals surface area contributed by atoms with Crippen molar-refractivity contribution in [3.05, 3.63) is 59.7 Å². The van der Waals surface area contributed by atoms with Crippen LogP contribution in [0.15, 0.2) is 48.5 Å². The van der Waals surface area contributed by atoms with E-state index in [1.54, 1.807) is 0 Å². The van der Waals surface area contributed by atoms with Crippen molar-refractivity contribution in [2.45, 2.75) is 39.2 Å². The number of nitrogens with zero attached hydrogens (tertiary/aromatic N) is 1. The zero-order chi connectivity index (χ0) is 19.2. The van der Waals surface area contributed by atoms with E-state index in [9.17, 15) is 9.59 Å². The Morgan fingerprint density at radius 1 is 1.11 bits per heavy atom. The first-order valence-corrected chi connectivity index (χ1v) is 9.15. The molecule has 0 aliphatic rings. The lowest BCUT2D eigenvalue weighted by Gasteiger charge is -2.17. The van der Waals surface area contributed by atoms with Crippen LogP contribution in [-0.4, -0.2) is 27.8 Å². The third-order valence-electron chi connectivity index (χ3n) is 4.35. The first-order chi connectivity index (χ1) is 13.0. The molecule has 2 aromatic carbocycles. The molecular formula is C21H24N4O2. The predicted molar refractivity (Wildman–Crippen MR) is 106 cm³/mol. The molecule has 0 fully saturated rings. The molecule has 6 nitrogen and oxygen atoms in total. The van der Waals surface area contributed by atoms with Gasteiger partial charge < -0.3 is 10.3 Å². The molecule has 0 aliphatic heterocycles. The molecule has 0 saturated carbocycles. The minimum Gasteiger partial charge on any atom is -0.344 e.